The van der Waals surface area contributed by atoms with Crippen LogP contribution in [-0.4, -0.2) is 114 Å². The summed E-state index contributed by atoms with van der Waals surface area (Å²) in [5, 5.41) is 7.10. The number of nitrogens with zero attached hydrogens (tertiary/aromatic N) is 5. The summed E-state index contributed by atoms with van der Waals surface area (Å²) in [6.07, 6.45) is 9.57. The Kier molecular flexibility index (Phi) is 17.9. The maximum Gasteiger partial charge on any atom is 0.412 e. The minimum Gasteiger partial charge on any atom is -0.495 e. The van der Waals surface area contributed by atoms with Crippen LogP contribution in [0.4, 0.5) is 10.5 Å². The van der Waals surface area contributed by atoms with E-state index in [4.69, 9.17) is 23.9 Å². The van der Waals surface area contributed by atoms with Crippen LogP contribution in [0.2, 0.25) is 0 Å². The van der Waals surface area contributed by atoms with Crippen LogP contribution in [0.3, 0.4) is 0 Å². The average Bonchev–Trinajstić information content (AvgIpc) is 3.36. The van der Waals surface area contributed by atoms with Gasteiger partial charge in [0, 0.05) is 57.6 Å². The lowest BCUT2D eigenvalue weighted by molar-refractivity contribution is -0.135. The lowest BCUT2D eigenvalue weighted by atomic mass is 9.77. The monoisotopic (exact) mass is 984 g/mol. The second-order valence-electron chi connectivity index (χ2n) is 21.0. The van der Waals surface area contributed by atoms with E-state index in [1.54, 1.807) is 11.7 Å². The Labute approximate surface area is 426 Å². The van der Waals surface area contributed by atoms with Crippen molar-refractivity contribution in [2.75, 3.05) is 64.9 Å². The number of nitrogens with one attached hydrogen (secondary N) is 2. The highest BCUT2D eigenvalue weighted by molar-refractivity contribution is 5.87. The summed E-state index contributed by atoms with van der Waals surface area (Å²) >= 11 is 0. The molecule has 0 radical (unpaired) electrons. The van der Waals surface area contributed by atoms with Gasteiger partial charge in [-0.1, -0.05) is 69.7 Å². The van der Waals surface area contributed by atoms with E-state index >= 15 is 0 Å². The van der Waals surface area contributed by atoms with Gasteiger partial charge < -0.3 is 29.2 Å². The molecular formula is C58H77N7O7. The van der Waals surface area contributed by atoms with Crippen LogP contribution in [0.5, 0.6) is 17.2 Å². The van der Waals surface area contributed by atoms with Crippen molar-refractivity contribution < 1.29 is 28.5 Å². The second kappa shape index (κ2) is 24.6. The van der Waals surface area contributed by atoms with Gasteiger partial charge in [0.15, 0.2) is 6.61 Å². The molecule has 3 aliphatic heterocycles. The number of carbonyl (C=O) groups is 2. The molecule has 5 aromatic rings. The number of ether oxygens (including phenoxy) is 4. The van der Waals surface area contributed by atoms with E-state index < -0.39 is 6.09 Å². The minimum atomic E-state index is -0.402. The maximum absolute atomic E-state index is 13.9. The molecule has 0 saturated carbocycles. The number of benzene rings is 4. The Balaban J connectivity index is 0.707. The lowest BCUT2D eigenvalue weighted by Gasteiger charge is -2.49. The van der Waals surface area contributed by atoms with Crippen LogP contribution in [0.1, 0.15) is 102 Å². The van der Waals surface area contributed by atoms with E-state index in [9.17, 15) is 14.4 Å². The highest BCUT2D eigenvalue weighted by Crippen LogP contribution is 2.39. The van der Waals surface area contributed by atoms with Crippen LogP contribution in [0, 0.1) is 18.3 Å². The normalized spacial score (nSPS) is 18.9. The first-order valence-corrected chi connectivity index (χ1v) is 26.4. The number of hydrogen-bond donors (Lipinski definition) is 2. The van der Waals surface area contributed by atoms with Crippen LogP contribution < -0.4 is 30.4 Å². The number of para-hydroxylation sites is 3. The van der Waals surface area contributed by atoms with Gasteiger partial charge in [0.2, 0.25) is 0 Å². The molecule has 72 heavy (non-hydrogen) atoms. The van der Waals surface area contributed by atoms with E-state index in [0.717, 1.165) is 50.9 Å². The number of hydrogen-bond acceptors (Lipinski definition) is 11. The zero-order valence-electron chi connectivity index (χ0n) is 43.5. The summed E-state index contributed by atoms with van der Waals surface area (Å²) in [6, 6.07) is 29.7. The zero-order chi connectivity index (χ0) is 50.6. The molecule has 2 bridgehead atoms. The van der Waals surface area contributed by atoms with Crippen molar-refractivity contribution in [2.45, 2.75) is 124 Å². The van der Waals surface area contributed by atoms with Crippen LogP contribution in [0.15, 0.2) is 95.8 Å². The molecule has 3 unspecified atom stereocenters. The van der Waals surface area contributed by atoms with E-state index in [2.05, 4.69) is 53.3 Å². The van der Waals surface area contributed by atoms with Crippen molar-refractivity contribution in [3.8, 4) is 22.9 Å². The Hall–Kier alpha value is -5.96. The molecule has 4 heterocycles. The minimum absolute atomic E-state index is 0.0183. The molecule has 3 saturated heterocycles. The molecule has 14 heteroatoms. The van der Waals surface area contributed by atoms with Crippen molar-refractivity contribution in [1.29, 1.82) is 0 Å². The number of amides is 2. The van der Waals surface area contributed by atoms with Gasteiger partial charge in [-0.25, -0.2) is 9.78 Å². The second-order valence-corrected chi connectivity index (χ2v) is 21.0. The highest BCUT2D eigenvalue weighted by Gasteiger charge is 2.40. The molecule has 4 aromatic carbocycles. The third-order valence-corrected chi connectivity index (χ3v) is 14.9. The Morgan fingerprint density at radius 2 is 1.62 bits per heavy atom. The van der Waals surface area contributed by atoms with Gasteiger partial charge in [0.25, 0.3) is 11.5 Å². The smallest absolute Gasteiger partial charge is 0.412 e. The number of aromatic nitrogens is 2. The summed E-state index contributed by atoms with van der Waals surface area (Å²) in [5.74, 6) is 3.16. The number of anilines is 1. The lowest BCUT2D eigenvalue weighted by Crippen LogP contribution is -2.54. The number of rotatable bonds is 22. The Morgan fingerprint density at radius 1 is 0.889 bits per heavy atom. The molecule has 0 spiro atoms. The maximum atomic E-state index is 13.9. The number of aryl methyl sites for hydroxylation is 1. The third kappa shape index (κ3) is 13.8. The van der Waals surface area contributed by atoms with Crippen LogP contribution in [0.25, 0.3) is 16.6 Å². The number of piperidine rings is 2. The average molecular weight is 984 g/mol. The molecule has 8 rings (SSSR count). The van der Waals surface area contributed by atoms with Crippen LogP contribution in [-0.2, 0) is 22.6 Å². The fourth-order valence-electron chi connectivity index (χ4n) is 11.2. The molecule has 3 aliphatic rings. The van der Waals surface area contributed by atoms with Crippen LogP contribution >= 0.6 is 0 Å². The van der Waals surface area contributed by atoms with E-state index in [1.165, 1.54) is 37.7 Å². The first-order valence-electron chi connectivity index (χ1n) is 26.4. The van der Waals surface area contributed by atoms with Crippen molar-refractivity contribution in [2.24, 2.45) is 11.3 Å². The number of piperazine rings is 1. The molecular weight excluding hydrogens is 907 g/mol. The topological polar surface area (TPSA) is 140 Å². The van der Waals surface area contributed by atoms with Crippen molar-refractivity contribution in [3.63, 3.8) is 0 Å². The predicted octanol–water partition coefficient (Wildman–Crippen LogP) is 9.77. The van der Waals surface area contributed by atoms with E-state index in [-0.39, 0.29) is 29.6 Å². The molecule has 386 valence electrons. The number of methoxy groups -OCH3 is 1. The van der Waals surface area contributed by atoms with Gasteiger partial charge in [-0.3, -0.25) is 29.3 Å². The number of carbonyl (C=O) groups excluding carboxylic acids is 2. The molecule has 1 aromatic heterocycles. The van der Waals surface area contributed by atoms with Gasteiger partial charge in [-0.05, 0) is 136 Å². The Bertz CT molecular complexity index is 2630. The number of fused-ring (bicyclic) bond motifs is 3. The molecule has 3 fully saturated rings. The highest BCUT2D eigenvalue weighted by atomic mass is 16.6. The fourth-order valence-corrected chi connectivity index (χ4v) is 11.2. The van der Waals surface area contributed by atoms with Gasteiger partial charge >= 0.3 is 6.09 Å². The third-order valence-electron chi connectivity index (χ3n) is 14.9. The summed E-state index contributed by atoms with van der Waals surface area (Å²) < 4.78 is 25.0. The van der Waals surface area contributed by atoms with Gasteiger partial charge in [0.05, 0.1) is 42.5 Å². The zero-order valence-corrected chi connectivity index (χ0v) is 43.5. The quantitative estimate of drug-likeness (QED) is 0.0641. The first-order chi connectivity index (χ1) is 34.9. The van der Waals surface area contributed by atoms with Crippen molar-refractivity contribution in [3.05, 3.63) is 118 Å². The van der Waals surface area contributed by atoms with E-state index in [0.29, 0.717) is 103 Å². The molecule has 2 N–H and O–H groups in total. The summed E-state index contributed by atoms with van der Waals surface area (Å²) in [5.41, 5.74) is 4.31. The molecule has 2 amide bonds. The predicted molar refractivity (Wildman–Crippen MR) is 284 cm³/mol. The SMILES string of the molecule is CCOc1ccccc1-n1c(CN2CCN(C(=O)COc3ccc(CNCCCC(C)CC(C)(C)CCN4C5CCCC4CC(OC(=O)Nc4cc(C)ccc4OC)C5)cc3)CC2)nc2ccccc2c1=O. The molecule has 0 aliphatic carbocycles. The van der Waals surface area contributed by atoms with Gasteiger partial charge in [-0.15, -0.1) is 0 Å². The van der Waals surface area contributed by atoms with Crippen molar-refractivity contribution in [1.82, 2.24) is 29.6 Å². The van der Waals surface area contributed by atoms with E-state index in [1.807, 2.05) is 97.6 Å². The van der Waals surface area contributed by atoms with Gasteiger partial charge in [-0.2, -0.15) is 0 Å². The largest absolute Gasteiger partial charge is 0.495 e. The molecule has 14 nitrogen and oxygen atoms in total. The summed E-state index contributed by atoms with van der Waals surface area (Å²) in [4.78, 5) is 51.9. The van der Waals surface area contributed by atoms with Crippen molar-refractivity contribution >= 4 is 28.6 Å². The summed E-state index contributed by atoms with van der Waals surface area (Å²) in [6.45, 7) is 17.4. The summed E-state index contributed by atoms with van der Waals surface area (Å²) in [7, 11) is 1.61. The molecule has 3 atom stereocenters. The van der Waals surface area contributed by atoms with Gasteiger partial charge in [0.1, 0.15) is 29.2 Å². The first kappa shape index (κ1) is 52.4. The fraction of sp³-hybridized carbons (Fsp3) is 0.517. The Morgan fingerprint density at radius 3 is 2.38 bits per heavy atom. The standard InChI is InChI=1S/C58H77N7O7/c1-7-70-53-20-11-10-19-51(53)65-54(60-49-18-9-8-17-48(49)56(65)67)39-62-30-32-63(33-31-62)55(66)40-71-46-24-22-43(23-25-46)38-59-28-13-14-42(3)37-58(4,5)27-29-64-44-15-12-16-45(64)36-47(35-44)72-57(68)61-50-34-41(2)21-26-52(50)69-6/h8-11,17-26,34,42,44-45,47,59H,7,12-16,27-33,35-40H2,1-6H3,(H,61,68).